The van der Waals surface area contributed by atoms with Gasteiger partial charge < -0.3 is 15.0 Å². The molecule has 0 radical (unpaired) electrons. The number of hydrogen-bond acceptors (Lipinski definition) is 3. The highest BCUT2D eigenvalue weighted by atomic mass is 16.5. The van der Waals surface area contributed by atoms with E-state index in [-0.39, 0.29) is 12.5 Å². The van der Waals surface area contributed by atoms with E-state index >= 15 is 0 Å². The highest BCUT2D eigenvalue weighted by Crippen LogP contribution is 2.44. The molecule has 31 heavy (non-hydrogen) atoms. The molecule has 0 bridgehead atoms. The Morgan fingerprint density at radius 3 is 2.35 bits per heavy atom. The van der Waals surface area contributed by atoms with Crippen LogP contribution < -0.4 is 5.32 Å². The number of carbonyl (C=O) groups is 1. The third kappa shape index (κ3) is 3.53. The minimum atomic E-state index is -0.671. The van der Waals surface area contributed by atoms with Gasteiger partial charge in [0.05, 0.1) is 6.07 Å². The van der Waals surface area contributed by atoms with E-state index in [4.69, 9.17) is 4.74 Å². The highest BCUT2D eigenvalue weighted by Gasteiger charge is 2.29. The van der Waals surface area contributed by atoms with Gasteiger partial charge in [-0.2, -0.15) is 5.26 Å². The Labute approximate surface area is 180 Å². The second-order valence-electron chi connectivity index (χ2n) is 7.72. The molecule has 1 aliphatic rings. The van der Waals surface area contributed by atoms with Crippen LogP contribution in [0.4, 0.5) is 4.79 Å². The van der Waals surface area contributed by atoms with Gasteiger partial charge in [0.1, 0.15) is 12.6 Å². The van der Waals surface area contributed by atoms with Gasteiger partial charge in [-0.05, 0) is 33.9 Å². The van der Waals surface area contributed by atoms with Gasteiger partial charge >= 0.3 is 6.09 Å². The molecule has 0 fully saturated rings. The first-order valence-electron chi connectivity index (χ1n) is 10.3. The third-order valence-electron chi connectivity index (χ3n) is 5.89. The number of amides is 1. The predicted molar refractivity (Wildman–Crippen MR) is 120 cm³/mol. The number of H-pyrrole nitrogens is 1. The smallest absolute Gasteiger partial charge is 0.408 e. The van der Waals surface area contributed by atoms with Crippen LogP contribution in [0.25, 0.3) is 22.0 Å². The summed E-state index contributed by atoms with van der Waals surface area (Å²) < 4.78 is 5.57. The Kier molecular flexibility index (Phi) is 4.89. The molecular weight excluding hydrogens is 386 g/mol. The van der Waals surface area contributed by atoms with Crippen molar-refractivity contribution in [3.05, 3.63) is 95.7 Å². The normalized spacial score (nSPS) is 13.3. The number of nitrogens with one attached hydrogen (secondary N) is 2. The molecule has 0 aliphatic heterocycles. The van der Waals surface area contributed by atoms with Gasteiger partial charge in [0.15, 0.2) is 0 Å². The van der Waals surface area contributed by atoms with E-state index in [1.54, 1.807) is 0 Å². The first-order chi connectivity index (χ1) is 15.2. The number of hydrogen-bond donors (Lipinski definition) is 2. The maximum atomic E-state index is 12.5. The summed E-state index contributed by atoms with van der Waals surface area (Å²) in [7, 11) is 0. The molecule has 5 rings (SSSR count). The van der Waals surface area contributed by atoms with Crippen LogP contribution in [0.15, 0.2) is 79.0 Å². The Morgan fingerprint density at radius 2 is 1.65 bits per heavy atom. The fourth-order valence-corrected chi connectivity index (χ4v) is 4.43. The van der Waals surface area contributed by atoms with E-state index in [1.165, 1.54) is 11.1 Å². The Hall–Kier alpha value is -4.04. The maximum absolute atomic E-state index is 12.5. The molecule has 152 valence electrons. The fourth-order valence-electron chi connectivity index (χ4n) is 4.43. The first-order valence-corrected chi connectivity index (χ1v) is 10.3. The zero-order valence-electron chi connectivity index (χ0n) is 16.8. The van der Waals surface area contributed by atoms with Crippen LogP contribution in [0.1, 0.15) is 22.6 Å². The molecule has 3 aromatic carbocycles. The molecule has 5 heteroatoms. The fraction of sp³-hybridized carbons (Fsp3) is 0.154. The lowest BCUT2D eigenvalue weighted by molar-refractivity contribution is 0.141. The van der Waals surface area contributed by atoms with Crippen molar-refractivity contribution in [2.45, 2.75) is 18.4 Å². The lowest BCUT2D eigenvalue weighted by Crippen LogP contribution is -2.36. The average molecular weight is 407 g/mol. The van der Waals surface area contributed by atoms with Crippen molar-refractivity contribution in [3.63, 3.8) is 0 Å². The SMILES string of the molecule is N#CC(Cc1c[nH]c2ccccc12)NC(=O)OCC1c2ccccc2-c2ccccc21. The summed E-state index contributed by atoms with van der Waals surface area (Å²) in [5.41, 5.74) is 6.68. The van der Waals surface area contributed by atoms with Crippen molar-refractivity contribution in [2.75, 3.05) is 6.61 Å². The summed E-state index contributed by atoms with van der Waals surface area (Å²) in [6.07, 6.45) is 1.72. The van der Waals surface area contributed by atoms with Gasteiger partial charge in [-0.25, -0.2) is 4.79 Å². The number of aromatic nitrogens is 1. The van der Waals surface area contributed by atoms with Gasteiger partial charge in [0, 0.05) is 29.4 Å². The van der Waals surface area contributed by atoms with Crippen molar-refractivity contribution in [1.29, 1.82) is 5.26 Å². The number of nitriles is 1. The number of nitrogens with zero attached hydrogens (tertiary/aromatic N) is 1. The second-order valence-corrected chi connectivity index (χ2v) is 7.72. The lowest BCUT2D eigenvalue weighted by atomic mass is 9.98. The minimum absolute atomic E-state index is 0.00713. The van der Waals surface area contributed by atoms with E-state index in [0.717, 1.165) is 27.6 Å². The molecule has 1 aromatic heterocycles. The van der Waals surface area contributed by atoms with E-state index < -0.39 is 12.1 Å². The molecule has 5 nitrogen and oxygen atoms in total. The largest absolute Gasteiger partial charge is 0.449 e. The van der Waals surface area contributed by atoms with Crippen molar-refractivity contribution in [2.24, 2.45) is 0 Å². The Morgan fingerprint density at radius 1 is 1.00 bits per heavy atom. The molecule has 0 saturated heterocycles. The monoisotopic (exact) mass is 407 g/mol. The number of para-hydroxylation sites is 1. The molecule has 2 N–H and O–H groups in total. The standard InChI is InChI=1S/C26H21N3O2/c27-14-18(13-17-15-28-25-12-6-5-7-19(17)25)29-26(30)31-16-24-22-10-3-1-8-20(22)21-9-2-4-11-23(21)24/h1-12,15,18,24,28H,13,16H2,(H,29,30). The molecule has 1 heterocycles. The van der Waals surface area contributed by atoms with E-state index in [9.17, 15) is 10.1 Å². The second kappa shape index (κ2) is 8.00. The Balaban J connectivity index is 1.26. The summed E-state index contributed by atoms with van der Waals surface area (Å²) >= 11 is 0. The van der Waals surface area contributed by atoms with Crippen LogP contribution in [-0.4, -0.2) is 23.7 Å². The molecule has 0 spiro atoms. The van der Waals surface area contributed by atoms with Gasteiger partial charge in [0.25, 0.3) is 0 Å². The summed E-state index contributed by atoms with van der Waals surface area (Å²) in [6, 6.07) is 25.8. The number of alkyl carbamates (subject to hydrolysis) is 1. The van der Waals surface area contributed by atoms with Crippen molar-refractivity contribution >= 4 is 17.0 Å². The lowest BCUT2D eigenvalue weighted by Gasteiger charge is -2.16. The summed E-state index contributed by atoms with van der Waals surface area (Å²) in [4.78, 5) is 15.7. The zero-order valence-corrected chi connectivity index (χ0v) is 16.8. The van der Waals surface area contributed by atoms with Crippen LogP contribution >= 0.6 is 0 Å². The van der Waals surface area contributed by atoms with Crippen LogP contribution in [0.2, 0.25) is 0 Å². The summed E-state index contributed by atoms with van der Waals surface area (Å²) in [5.74, 6) is -0.00713. The first kappa shape index (κ1) is 19.0. The molecular formula is C26H21N3O2. The van der Waals surface area contributed by atoms with E-state index in [1.807, 2.05) is 54.7 Å². The average Bonchev–Trinajstić information content (AvgIpc) is 3.36. The summed E-state index contributed by atoms with van der Waals surface area (Å²) in [6.45, 7) is 0.227. The maximum Gasteiger partial charge on any atom is 0.408 e. The van der Waals surface area contributed by atoms with Gasteiger partial charge in [-0.3, -0.25) is 0 Å². The number of aromatic amines is 1. The number of benzene rings is 3. The topological polar surface area (TPSA) is 77.9 Å². The van der Waals surface area contributed by atoms with Gasteiger partial charge in [-0.1, -0.05) is 66.7 Å². The van der Waals surface area contributed by atoms with E-state index in [0.29, 0.717) is 6.42 Å². The molecule has 1 aliphatic carbocycles. The quantitative estimate of drug-likeness (QED) is 0.481. The van der Waals surface area contributed by atoms with Crippen LogP contribution in [0.3, 0.4) is 0 Å². The third-order valence-corrected chi connectivity index (χ3v) is 5.89. The van der Waals surface area contributed by atoms with Crippen LogP contribution in [-0.2, 0) is 11.2 Å². The predicted octanol–water partition coefficient (Wildman–Crippen LogP) is 5.14. The van der Waals surface area contributed by atoms with Gasteiger partial charge in [0.2, 0.25) is 0 Å². The number of carbonyl (C=O) groups excluding carboxylic acids is 1. The number of rotatable bonds is 5. The van der Waals surface area contributed by atoms with Crippen molar-refractivity contribution in [1.82, 2.24) is 10.3 Å². The van der Waals surface area contributed by atoms with Crippen molar-refractivity contribution < 1.29 is 9.53 Å². The highest BCUT2D eigenvalue weighted by molar-refractivity contribution is 5.83. The molecule has 1 atom stereocenters. The minimum Gasteiger partial charge on any atom is -0.449 e. The molecule has 4 aromatic rings. The number of ether oxygens (including phenoxy) is 1. The zero-order chi connectivity index (χ0) is 21.2. The van der Waals surface area contributed by atoms with E-state index in [2.05, 4.69) is 40.6 Å². The summed E-state index contributed by atoms with van der Waals surface area (Å²) in [5, 5.41) is 13.3. The van der Waals surface area contributed by atoms with Crippen LogP contribution in [0, 0.1) is 11.3 Å². The molecule has 0 saturated carbocycles. The van der Waals surface area contributed by atoms with Crippen molar-refractivity contribution in [3.8, 4) is 17.2 Å². The molecule has 1 amide bonds. The Bertz CT molecular complexity index is 1260. The number of fused-ring (bicyclic) bond motifs is 4. The van der Waals surface area contributed by atoms with Gasteiger partial charge in [-0.15, -0.1) is 0 Å². The molecule has 1 unspecified atom stereocenters. The van der Waals surface area contributed by atoms with Crippen LogP contribution in [0.5, 0.6) is 0 Å².